The molecule has 2 heteroatoms. The van der Waals surface area contributed by atoms with E-state index in [0.29, 0.717) is 11.8 Å². The summed E-state index contributed by atoms with van der Waals surface area (Å²) >= 11 is 0. The highest BCUT2D eigenvalue weighted by Crippen LogP contribution is 2.34. The van der Waals surface area contributed by atoms with E-state index in [1.54, 1.807) is 0 Å². The Kier molecular flexibility index (Phi) is 5.20. The average Bonchev–Trinajstić information content (AvgIpc) is 2.97. The van der Waals surface area contributed by atoms with E-state index in [-0.39, 0.29) is 0 Å². The van der Waals surface area contributed by atoms with E-state index in [1.165, 1.54) is 24.8 Å². The van der Waals surface area contributed by atoms with Gasteiger partial charge in [0.05, 0.1) is 5.92 Å². The second-order valence-electron chi connectivity index (χ2n) is 5.17. The summed E-state index contributed by atoms with van der Waals surface area (Å²) in [5, 5.41) is 0. The van der Waals surface area contributed by atoms with Crippen molar-refractivity contribution >= 4 is 12.4 Å². The fourth-order valence-corrected chi connectivity index (χ4v) is 2.82. The van der Waals surface area contributed by atoms with Crippen LogP contribution >= 0.6 is 0 Å². The molecule has 0 saturated heterocycles. The Bertz CT molecular complexity index is 410. The summed E-state index contributed by atoms with van der Waals surface area (Å²) in [6.45, 7) is 4.52. The zero-order valence-corrected chi connectivity index (χ0v) is 11.9. The summed E-state index contributed by atoms with van der Waals surface area (Å²) in [4.78, 5) is 8.87. The van der Waals surface area contributed by atoms with Gasteiger partial charge in [-0.25, -0.2) is 0 Å². The van der Waals surface area contributed by atoms with Crippen LogP contribution in [0.2, 0.25) is 0 Å². The minimum Gasteiger partial charge on any atom is -0.0965 e. The van der Waals surface area contributed by atoms with Gasteiger partial charge in [0.1, 0.15) is 0 Å². The number of hydrogen-bond acceptors (Lipinski definition) is 2. The second kappa shape index (κ2) is 7.13. The third kappa shape index (κ3) is 3.69. The maximum Gasteiger partial charge on any atom is 0.244 e. The molecule has 0 aromatic heterocycles. The van der Waals surface area contributed by atoms with Crippen LogP contribution in [0.25, 0.3) is 0 Å². The van der Waals surface area contributed by atoms with Crippen molar-refractivity contribution in [3.05, 3.63) is 42.1 Å². The minimum absolute atomic E-state index is 0.491. The Morgan fingerprint density at radius 1 is 1.05 bits per heavy atom. The van der Waals surface area contributed by atoms with Gasteiger partial charge >= 0.3 is 0 Å². The lowest BCUT2D eigenvalue weighted by Gasteiger charge is -2.24. The highest BCUT2D eigenvalue weighted by Gasteiger charge is 2.34. The SMILES string of the molecule is CCCC([C+]1N=CC=N1)C(CC)Cc1ccccc1. The Hall–Kier alpha value is -1.57. The van der Waals surface area contributed by atoms with Crippen molar-refractivity contribution in [3.8, 4) is 0 Å². The molecule has 0 radical (unpaired) electrons. The average molecular weight is 255 g/mol. The molecule has 0 N–H and O–H groups in total. The molecule has 0 bridgehead atoms. The van der Waals surface area contributed by atoms with E-state index in [0.717, 1.165) is 12.6 Å². The largest absolute Gasteiger partial charge is 0.244 e. The Balaban J connectivity index is 2.08. The van der Waals surface area contributed by atoms with Crippen LogP contribution in [0.15, 0.2) is 40.3 Å². The molecule has 0 amide bonds. The van der Waals surface area contributed by atoms with Crippen LogP contribution in [0.1, 0.15) is 38.7 Å². The van der Waals surface area contributed by atoms with Crippen molar-refractivity contribution in [1.29, 1.82) is 0 Å². The standard InChI is InChI=1S/C17H23N2/c1-3-8-16(17-18-11-12-19-17)15(4-2)13-14-9-6-5-7-10-14/h5-7,9-12,15-16H,3-4,8,13H2,1-2H3/q+1. The molecule has 2 atom stereocenters. The van der Waals surface area contributed by atoms with Gasteiger partial charge in [0.2, 0.25) is 6.17 Å². The molecule has 0 spiro atoms. The smallest absolute Gasteiger partial charge is 0.0965 e. The van der Waals surface area contributed by atoms with E-state index >= 15 is 0 Å². The predicted molar refractivity (Wildman–Crippen MR) is 82.6 cm³/mol. The highest BCUT2D eigenvalue weighted by atomic mass is 15.0. The topological polar surface area (TPSA) is 24.7 Å². The third-order valence-corrected chi connectivity index (χ3v) is 3.85. The fraction of sp³-hybridized carbons (Fsp3) is 0.471. The fourth-order valence-electron chi connectivity index (χ4n) is 2.82. The number of benzene rings is 1. The van der Waals surface area contributed by atoms with Crippen molar-refractivity contribution in [1.82, 2.24) is 0 Å². The van der Waals surface area contributed by atoms with Crippen LogP contribution in [0.4, 0.5) is 0 Å². The molecule has 1 aromatic rings. The van der Waals surface area contributed by atoms with Gasteiger partial charge in [-0.1, -0.05) is 67.0 Å². The van der Waals surface area contributed by atoms with Crippen LogP contribution in [0, 0.1) is 18.0 Å². The van der Waals surface area contributed by atoms with Crippen LogP contribution in [-0.2, 0) is 6.42 Å². The van der Waals surface area contributed by atoms with E-state index < -0.39 is 0 Å². The van der Waals surface area contributed by atoms with E-state index in [2.05, 4.69) is 54.2 Å². The number of nitrogens with zero attached hydrogens (tertiary/aromatic N) is 2. The molecular formula is C17H23N2+. The number of aliphatic imine (C=N–C) groups is 2. The van der Waals surface area contributed by atoms with Crippen molar-refractivity contribution in [3.63, 3.8) is 0 Å². The minimum atomic E-state index is 0.491. The first-order chi connectivity index (χ1) is 9.35. The number of hydrogen-bond donors (Lipinski definition) is 0. The van der Waals surface area contributed by atoms with Gasteiger partial charge in [-0.05, 0) is 24.3 Å². The zero-order valence-electron chi connectivity index (χ0n) is 11.9. The van der Waals surface area contributed by atoms with Crippen LogP contribution in [0.5, 0.6) is 0 Å². The summed E-state index contributed by atoms with van der Waals surface area (Å²) in [6.07, 6.45) is 9.31. The monoisotopic (exact) mass is 255 g/mol. The molecule has 1 heterocycles. The lowest BCUT2D eigenvalue weighted by molar-refractivity contribution is 0.307. The summed E-state index contributed by atoms with van der Waals surface area (Å²) in [6, 6.07) is 10.8. The predicted octanol–water partition coefficient (Wildman–Crippen LogP) is 4.32. The molecule has 2 rings (SSSR count). The van der Waals surface area contributed by atoms with Gasteiger partial charge in [-0.2, -0.15) is 0 Å². The van der Waals surface area contributed by atoms with E-state index in [4.69, 9.17) is 0 Å². The van der Waals surface area contributed by atoms with Gasteiger partial charge < -0.3 is 0 Å². The van der Waals surface area contributed by atoms with Crippen LogP contribution in [-0.4, -0.2) is 12.4 Å². The van der Waals surface area contributed by atoms with E-state index in [9.17, 15) is 0 Å². The van der Waals surface area contributed by atoms with Gasteiger partial charge in [0.15, 0.2) is 12.4 Å². The van der Waals surface area contributed by atoms with Gasteiger partial charge in [0, 0.05) is 0 Å². The van der Waals surface area contributed by atoms with Crippen molar-refractivity contribution in [2.24, 2.45) is 21.8 Å². The Labute approximate surface area is 116 Å². The first-order valence-electron chi connectivity index (χ1n) is 7.32. The Morgan fingerprint density at radius 2 is 1.74 bits per heavy atom. The Morgan fingerprint density at radius 3 is 2.32 bits per heavy atom. The maximum atomic E-state index is 4.43. The summed E-state index contributed by atoms with van der Waals surface area (Å²) in [7, 11) is 0. The normalized spacial score (nSPS) is 16.8. The van der Waals surface area contributed by atoms with Crippen LogP contribution < -0.4 is 0 Å². The zero-order chi connectivity index (χ0) is 13.5. The van der Waals surface area contributed by atoms with Gasteiger partial charge in [-0.3, -0.25) is 0 Å². The van der Waals surface area contributed by atoms with E-state index in [1.807, 2.05) is 12.4 Å². The summed E-state index contributed by atoms with van der Waals surface area (Å²) in [5.41, 5.74) is 1.42. The third-order valence-electron chi connectivity index (χ3n) is 3.85. The quantitative estimate of drug-likeness (QED) is 0.648. The molecule has 1 aliphatic rings. The molecule has 2 nitrogen and oxygen atoms in total. The molecule has 100 valence electrons. The molecule has 0 fully saturated rings. The lowest BCUT2D eigenvalue weighted by Crippen LogP contribution is -2.21. The summed E-state index contributed by atoms with van der Waals surface area (Å²) in [5.74, 6) is 1.12. The maximum absolute atomic E-state index is 4.43. The van der Waals surface area contributed by atoms with Gasteiger partial charge in [-0.15, -0.1) is 0 Å². The van der Waals surface area contributed by atoms with Gasteiger partial charge in [0.25, 0.3) is 0 Å². The number of rotatable bonds is 7. The first kappa shape index (κ1) is 13.9. The van der Waals surface area contributed by atoms with Crippen molar-refractivity contribution in [2.45, 2.75) is 39.5 Å². The molecule has 1 aliphatic heterocycles. The highest BCUT2D eigenvalue weighted by molar-refractivity contribution is 6.18. The molecule has 1 aromatic carbocycles. The summed E-state index contributed by atoms with van der Waals surface area (Å²) < 4.78 is 0. The molecule has 0 aliphatic carbocycles. The lowest BCUT2D eigenvalue weighted by atomic mass is 9.80. The van der Waals surface area contributed by atoms with Crippen molar-refractivity contribution < 1.29 is 0 Å². The molecular weight excluding hydrogens is 232 g/mol. The van der Waals surface area contributed by atoms with Crippen molar-refractivity contribution in [2.75, 3.05) is 0 Å². The molecule has 19 heavy (non-hydrogen) atoms. The second-order valence-corrected chi connectivity index (χ2v) is 5.17. The molecule has 2 unspecified atom stereocenters. The van der Waals surface area contributed by atoms with Crippen LogP contribution in [0.3, 0.4) is 0 Å². The molecule has 0 saturated carbocycles. The first-order valence-corrected chi connectivity index (χ1v) is 7.32.